The van der Waals surface area contributed by atoms with Gasteiger partial charge in [0.2, 0.25) is 11.6 Å². The van der Waals surface area contributed by atoms with Crippen LogP contribution in [0.15, 0.2) is 30.6 Å². The molecular weight excluding hydrogens is 349 g/mol. The number of carbonyl (C=O) groups is 1. The molecule has 0 fully saturated rings. The Labute approximate surface area is 145 Å². The van der Waals surface area contributed by atoms with Gasteiger partial charge in [-0.2, -0.15) is 18.4 Å². The average molecular weight is 360 g/mol. The molecule has 2 aromatic heterocycles. The number of aryl methyl sites for hydroxylation is 1. The SMILES string of the molecule is CCc1c(C(=O)c2ccc(O)c(C#N)c2)nc2ncc(C(F)(F)F)cn12. The number of nitriles is 1. The molecule has 3 aromatic rings. The van der Waals surface area contributed by atoms with Crippen molar-refractivity contribution in [2.45, 2.75) is 19.5 Å². The van der Waals surface area contributed by atoms with E-state index in [2.05, 4.69) is 9.97 Å². The van der Waals surface area contributed by atoms with Crippen LogP contribution in [0.5, 0.6) is 5.75 Å². The van der Waals surface area contributed by atoms with E-state index in [4.69, 9.17) is 5.26 Å². The normalized spacial score (nSPS) is 11.5. The van der Waals surface area contributed by atoms with Crippen molar-refractivity contribution in [1.82, 2.24) is 14.4 Å². The van der Waals surface area contributed by atoms with Gasteiger partial charge in [-0.1, -0.05) is 6.92 Å². The summed E-state index contributed by atoms with van der Waals surface area (Å²) in [6.07, 6.45) is -2.82. The lowest BCUT2D eigenvalue weighted by atomic mass is 10.0. The summed E-state index contributed by atoms with van der Waals surface area (Å²) in [5.41, 5.74) is -0.722. The van der Waals surface area contributed by atoms with Crippen molar-refractivity contribution in [3.05, 3.63) is 58.7 Å². The number of phenols is 1. The number of hydrogen-bond donors (Lipinski definition) is 1. The highest BCUT2D eigenvalue weighted by Crippen LogP contribution is 2.29. The molecule has 1 N–H and O–H groups in total. The van der Waals surface area contributed by atoms with Crippen LogP contribution in [0.1, 0.15) is 39.8 Å². The Morgan fingerprint density at radius 3 is 2.73 bits per heavy atom. The van der Waals surface area contributed by atoms with Crippen LogP contribution in [-0.2, 0) is 12.6 Å². The Kier molecular flexibility index (Phi) is 4.12. The van der Waals surface area contributed by atoms with Crippen LogP contribution in [0.4, 0.5) is 13.2 Å². The van der Waals surface area contributed by atoms with Crippen LogP contribution < -0.4 is 0 Å². The van der Waals surface area contributed by atoms with Crippen molar-refractivity contribution in [1.29, 1.82) is 5.26 Å². The molecule has 0 aliphatic carbocycles. The van der Waals surface area contributed by atoms with E-state index in [1.807, 2.05) is 0 Å². The smallest absolute Gasteiger partial charge is 0.419 e. The van der Waals surface area contributed by atoms with Crippen molar-refractivity contribution >= 4 is 11.6 Å². The van der Waals surface area contributed by atoms with Gasteiger partial charge in [-0.15, -0.1) is 0 Å². The first-order valence-corrected chi connectivity index (χ1v) is 7.48. The van der Waals surface area contributed by atoms with Gasteiger partial charge in [-0.3, -0.25) is 9.20 Å². The minimum absolute atomic E-state index is 0.0301. The van der Waals surface area contributed by atoms with Gasteiger partial charge in [0.15, 0.2) is 0 Å². The molecule has 0 atom stereocenters. The summed E-state index contributed by atoms with van der Waals surface area (Å²) in [6.45, 7) is 1.68. The first kappa shape index (κ1) is 17.4. The van der Waals surface area contributed by atoms with E-state index in [0.717, 1.165) is 10.6 Å². The number of halogens is 3. The standard InChI is InChI=1S/C17H11F3N4O2/c1-2-12-14(15(26)9-3-4-13(25)10(5-9)6-21)23-16-22-7-11(8-24(12)16)17(18,19)20/h3-5,7-8,25H,2H2,1H3. The zero-order valence-electron chi connectivity index (χ0n) is 13.4. The fourth-order valence-corrected chi connectivity index (χ4v) is 2.55. The molecule has 0 saturated heterocycles. The van der Waals surface area contributed by atoms with Crippen LogP contribution >= 0.6 is 0 Å². The summed E-state index contributed by atoms with van der Waals surface area (Å²) in [4.78, 5) is 20.5. The molecule has 2 heterocycles. The van der Waals surface area contributed by atoms with Gasteiger partial charge in [0, 0.05) is 18.0 Å². The van der Waals surface area contributed by atoms with Gasteiger partial charge in [-0.25, -0.2) is 9.97 Å². The largest absolute Gasteiger partial charge is 0.507 e. The third-order valence-electron chi connectivity index (χ3n) is 3.84. The zero-order chi connectivity index (χ0) is 19.1. The molecule has 6 nitrogen and oxygen atoms in total. The van der Waals surface area contributed by atoms with E-state index in [-0.39, 0.29) is 40.5 Å². The Morgan fingerprint density at radius 1 is 1.38 bits per heavy atom. The quantitative estimate of drug-likeness (QED) is 0.725. The van der Waals surface area contributed by atoms with E-state index < -0.39 is 17.5 Å². The number of carbonyl (C=O) groups excluding carboxylic acids is 1. The molecule has 0 amide bonds. The number of aromatic nitrogens is 3. The minimum Gasteiger partial charge on any atom is -0.507 e. The number of hydrogen-bond acceptors (Lipinski definition) is 5. The van der Waals surface area contributed by atoms with E-state index in [1.165, 1.54) is 18.2 Å². The maximum atomic E-state index is 12.9. The molecule has 0 aliphatic rings. The average Bonchev–Trinajstić information content (AvgIpc) is 2.98. The molecular formula is C17H11F3N4O2. The number of rotatable bonds is 3. The predicted octanol–water partition coefficient (Wildman–Crippen LogP) is 3.12. The van der Waals surface area contributed by atoms with Crippen molar-refractivity contribution in [3.63, 3.8) is 0 Å². The fraction of sp³-hybridized carbons (Fsp3) is 0.176. The zero-order valence-corrected chi connectivity index (χ0v) is 13.4. The predicted molar refractivity (Wildman–Crippen MR) is 83.6 cm³/mol. The van der Waals surface area contributed by atoms with Crippen LogP contribution in [-0.4, -0.2) is 25.3 Å². The number of ketones is 1. The maximum absolute atomic E-state index is 12.9. The second kappa shape index (κ2) is 6.15. The highest BCUT2D eigenvalue weighted by Gasteiger charge is 2.32. The van der Waals surface area contributed by atoms with Crippen molar-refractivity contribution in [2.24, 2.45) is 0 Å². The molecule has 132 valence electrons. The molecule has 0 radical (unpaired) electrons. The van der Waals surface area contributed by atoms with Crippen LogP contribution in [0, 0.1) is 11.3 Å². The number of imidazole rings is 1. The number of alkyl halides is 3. The lowest BCUT2D eigenvalue weighted by Gasteiger charge is -2.07. The minimum atomic E-state index is -4.57. The summed E-state index contributed by atoms with van der Waals surface area (Å²) >= 11 is 0. The molecule has 3 rings (SSSR count). The number of aromatic hydroxyl groups is 1. The van der Waals surface area contributed by atoms with Gasteiger partial charge in [-0.05, 0) is 24.6 Å². The summed E-state index contributed by atoms with van der Waals surface area (Å²) in [7, 11) is 0. The van der Waals surface area contributed by atoms with E-state index in [0.29, 0.717) is 6.20 Å². The molecule has 9 heteroatoms. The van der Waals surface area contributed by atoms with Crippen LogP contribution in [0.2, 0.25) is 0 Å². The number of fused-ring (bicyclic) bond motifs is 1. The lowest BCUT2D eigenvalue weighted by molar-refractivity contribution is -0.138. The number of nitrogens with zero attached hydrogens (tertiary/aromatic N) is 4. The van der Waals surface area contributed by atoms with Gasteiger partial charge < -0.3 is 5.11 Å². The molecule has 0 aliphatic heterocycles. The van der Waals surface area contributed by atoms with Crippen molar-refractivity contribution in [3.8, 4) is 11.8 Å². The van der Waals surface area contributed by atoms with E-state index in [1.54, 1.807) is 13.0 Å². The maximum Gasteiger partial charge on any atom is 0.419 e. The molecule has 0 unspecified atom stereocenters. The summed E-state index contributed by atoms with van der Waals surface area (Å²) in [6, 6.07) is 5.48. The Morgan fingerprint density at radius 2 is 2.12 bits per heavy atom. The highest BCUT2D eigenvalue weighted by atomic mass is 19.4. The Balaban J connectivity index is 2.16. The van der Waals surface area contributed by atoms with E-state index in [9.17, 15) is 23.1 Å². The van der Waals surface area contributed by atoms with E-state index >= 15 is 0 Å². The molecule has 0 bridgehead atoms. The first-order chi connectivity index (χ1) is 12.3. The van der Waals surface area contributed by atoms with Crippen LogP contribution in [0.25, 0.3) is 5.78 Å². The van der Waals surface area contributed by atoms with Crippen LogP contribution in [0.3, 0.4) is 0 Å². The lowest BCUT2D eigenvalue weighted by Crippen LogP contribution is -2.09. The van der Waals surface area contributed by atoms with Crippen molar-refractivity contribution < 1.29 is 23.1 Å². The molecule has 0 spiro atoms. The van der Waals surface area contributed by atoms with Gasteiger partial charge in [0.25, 0.3) is 0 Å². The monoisotopic (exact) mass is 360 g/mol. The molecule has 1 aromatic carbocycles. The third kappa shape index (κ3) is 2.86. The fourth-order valence-electron chi connectivity index (χ4n) is 2.55. The summed E-state index contributed by atoms with van der Waals surface area (Å²) < 4.78 is 39.9. The second-order valence-corrected chi connectivity index (χ2v) is 5.44. The highest BCUT2D eigenvalue weighted by molar-refractivity contribution is 6.09. The third-order valence-corrected chi connectivity index (χ3v) is 3.84. The topological polar surface area (TPSA) is 91.3 Å². The van der Waals surface area contributed by atoms with Gasteiger partial charge >= 0.3 is 6.18 Å². The number of phenolic OH excluding ortho intramolecular Hbond substituents is 1. The summed E-state index contributed by atoms with van der Waals surface area (Å²) in [5.74, 6) is -0.874. The second-order valence-electron chi connectivity index (χ2n) is 5.44. The number of benzene rings is 1. The Bertz CT molecular complexity index is 1060. The van der Waals surface area contributed by atoms with Gasteiger partial charge in [0.1, 0.15) is 17.5 Å². The van der Waals surface area contributed by atoms with Gasteiger partial charge in [0.05, 0.1) is 16.8 Å². The first-order valence-electron chi connectivity index (χ1n) is 7.48. The molecule has 26 heavy (non-hydrogen) atoms. The van der Waals surface area contributed by atoms with Crippen molar-refractivity contribution in [2.75, 3.05) is 0 Å². The molecule has 0 saturated carbocycles. The summed E-state index contributed by atoms with van der Waals surface area (Å²) in [5, 5.41) is 18.5. The Hall–Kier alpha value is -3.41.